The summed E-state index contributed by atoms with van der Waals surface area (Å²) in [6, 6.07) is 7.01. The van der Waals surface area contributed by atoms with Gasteiger partial charge in [0.05, 0.1) is 23.9 Å². The maximum atomic E-state index is 13.2. The second kappa shape index (κ2) is 10.1. The average molecular weight is 472 g/mol. The van der Waals surface area contributed by atoms with Gasteiger partial charge >= 0.3 is 5.97 Å². The lowest BCUT2D eigenvalue weighted by Crippen LogP contribution is -2.52. The Bertz CT molecular complexity index is 1010. The normalized spacial score (nSPS) is 19.6. The zero-order chi connectivity index (χ0) is 23.5. The van der Waals surface area contributed by atoms with Crippen molar-refractivity contribution >= 4 is 33.9 Å². The highest BCUT2D eigenvalue weighted by atomic mass is 32.1. The summed E-state index contributed by atoms with van der Waals surface area (Å²) >= 11 is 1.52. The van der Waals surface area contributed by atoms with E-state index in [4.69, 9.17) is 4.74 Å². The molecule has 1 aromatic carbocycles. The first-order chi connectivity index (χ1) is 15.9. The van der Waals surface area contributed by atoms with Crippen molar-refractivity contribution in [3.05, 3.63) is 40.3 Å². The zero-order valence-corrected chi connectivity index (χ0v) is 20.4. The van der Waals surface area contributed by atoms with Crippen LogP contribution in [0.15, 0.2) is 24.3 Å². The monoisotopic (exact) mass is 471 g/mol. The van der Waals surface area contributed by atoms with Crippen molar-refractivity contribution in [3.63, 3.8) is 0 Å². The van der Waals surface area contributed by atoms with E-state index in [2.05, 4.69) is 22.0 Å². The molecular weight excluding hydrogens is 438 g/mol. The van der Waals surface area contributed by atoms with Crippen LogP contribution in [0.4, 0.5) is 10.7 Å². The summed E-state index contributed by atoms with van der Waals surface area (Å²) < 4.78 is 5.32. The highest BCUT2D eigenvalue weighted by Gasteiger charge is 2.31. The number of phenols is 1. The Morgan fingerprint density at radius 3 is 2.67 bits per heavy atom. The SMILES string of the molecule is CCOC(=O)c1c(NC(=O)C(C)N2CCN(c3ccccc3O)CC2)sc2c1CCC(C)C2. The van der Waals surface area contributed by atoms with Gasteiger partial charge < -0.3 is 20.1 Å². The minimum absolute atomic E-state index is 0.108. The van der Waals surface area contributed by atoms with E-state index in [1.54, 1.807) is 13.0 Å². The molecule has 1 fully saturated rings. The fraction of sp³-hybridized carbons (Fsp3) is 0.520. The smallest absolute Gasteiger partial charge is 0.341 e. The van der Waals surface area contributed by atoms with Gasteiger partial charge in [-0.2, -0.15) is 0 Å². The second-order valence-electron chi connectivity index (χ2n) is 8.95. The predicted octanol–water partition coefficient (Wildman–Crippen LogP) is 3.90. The summed E-state index contributed by atoms with van der Waals surface area (Å²) in [6.07, 6.45) is 2.83. The van der Waals surface area contributed by atoms with Gasteiger partial charge in [0.2, 0.25) is 5.91 Å². The van der Waals surface area contributed by atoms with E-state index in [9.17, 15) is 14.7 Å². The van der Waals surface area contributed by atoms with Crippen molar-refractivity contribution in [1.29, 1.82) is 0 Å². The number of rotatable bonds is 6. The van der Waals surface area contributed by atoms with E-state index >= 15 is 0 Å². The first kappa shape index (κ1) is 23.6. The molecule has 8 heteroatoms. The summed E-state index contributed by atoms with van der Waals surface area (Å²) in [7, 11) is 0. The van der Waals surface area contributed by atoms with Crippen LogP contribution in [0.5, 0.6) is 5.75 Å². The molecule has 1 aliphatic carbocycles. The van der Waals surface area contributed by atoms with Gasteiger partial charge in [-0.15, -0.1) is 11.3 Å². The van der Waals surface area contributed by atoms with E-state index in [0.717, 1.165) is 43.6 Å². The van der Waals surface area contributed by atoms with Crippen LogP contribution in [0.1, 0.15) is 48.0 Å². The minimum atomic E-state index is -0.344. The van der Waals surface area contributed by atoms with Gasteiger partial charge in [-0.1, -0.05) is 19.1 Å². The number of fused-ring (bicyclic) bond motifs is 1. The topological polar surface area (TPSA) is 82.1 Å². The van der Waals surface area contributed by atoms with Crippen molar-refractivity contribution in [3.8, 4) is 5.75 Å². The van der Waals surface area contributed by atoms with Crippen molar-refractivity contribution < 1.29 is 19.4 Å². The number of anilines is 2. The molecule has 178 valence electrons. The van der Waals surface area contributed by atoms with E-state index in [0.29, 0.717) is 36.2 Å². The largest absolute Gasteiger partial charge is 0.506 e. The van der Waals surface area contributed by atoms with Crippen molar-refractivity contribution in [1.82, 2.24) is 4.90 Å². The van der Waals surface area contributed by atoms with E-state index in [-0.39, 0.29) is 23.7 Å². The molecule has 7 nitrogen and oxygen atoms in total. The molecule has 4 rings (SSSR count). The van der Waals surface area contributed by atoms with Crippen LogP contribution in [0.2, 0.25) is 0 Å². The number of amides is 1. The molecule has 1 aliphatic heterocycles. The molecule has 2 heterocycles. The third-order valence-corrected chi connectivity index (χ3v) is 7.86. The Morgan fingerprint density at radius 1 is 1.24 bits per heavy atom. The third-order valence-electron chi connectivity index (χ3n) is 6.69. The van der Waals surface area contributed by atoms with Gasteiger partial charge in [0.15, 0.2) is 0 Å². The Kier molecular flexibility index (Phi) is 7.24. The van der Waals surface area contributed by atoms with Crippen LogP contribution >= 0.6 is 11.3 Å². The Morgan fingerprint density at radius 2 is 1.97 bits per heavy atom. The molecule has 1 amide bonds. The number of carbonyl (C=O) groups is 2. The van der Waals surface area contributed by atoms with Crippen molar-refractivity contribution in [2.75, 3.05) is 43.0 Å². The van der Waals surface area contributed by atoms with Crippen LogP contribution < -0.4 is 10.2 Å². The third kappa shape index (κ3) is 5.01. The average Bonchev–Trinajstić information content (AvgIpc) is 3.16. The van der Waals surface area contributed by atoms with Gasteiger partial charge in [-0.3, -0.25) is 9.69 Å². The quantitative estimate of drug-likeness (QED) is 0.622. The van der Waals surface area contributed by atoms with Crippen LogP contribution in [0, 0.1) is 5.92 Å². The molecule has 33 heavy (non-hydrogen) atoms. The summed E-state index contributed by atoms with van der Waals surface area (Å²) in [4.78, 5) is 31.4. The lowest BCUT2D eigenvalue weighted by atomic mass is 9.88. The molecular formula is C25H33N3O4S. The van der Waals surface area contributed by atoms with Crippen LogP contribution in [0.3, 0.4) is 0 Å². The van der Waals surface area contributed by atoms with E-state index in [1.165, 1.54) is 16.2 Å². The number of esters is 1. The highest BCUT2D eigenvalue weighted by Crippen LogP contribution is 2.40. The Labute approximate surface area is 199 Å². The van der Waals surface area contributed by atoms with Crippen molar-refractivity contribution in [2.45, 2.75) is 46.1 Å². The summed E-state index contributed by atoms with van der Waals surface area (Å²) in [5, 5.41) is 13.8. The fourth-order valence-electron chi connectivity index (χ4n) is 4.72. The van der Waals surface area contributed by atoms with Gasteiger partial charge in [-0.05, 0) is 56.7 Å². The number of thiophene rings is 1. The number of ether oxygens (including phenoxy) is 1. The minimum Gasteiger partial charge on any atom is -0.506 e. The maximum Gasteiger partial charge on any atom is 0.341 e. The lowest BCUT2D eigenvalue weighted by molar-refractivity contribution is -0.120. The maximum absolute atomic E-state index is 13.2. The first-order valence-corrected chi connectivity index (χ1v) is 12.6. The molecule has 2 aliphatic rings. The molecule has 2 aromatic rings. The van der Waals surface area contributed by atoms with Crippen molar-refractivity contribution in [2.24, 2.45) is 5.92 Å². The molecule has 0 spiro atoms. The van der Waals surface area contributed by atoms with E-state index < -0.39 is 0 Å². The number of nitrogens with one attached hydrogen (secondary N) is 1. The standard InChI is InChI=1S/C25H33N3O4S/c1-4-32-25(31)22-18-10-9-16(2)15-21(18)33-24(22)26-23(30)17(3)27-11-13-28(14-12-27)19-7-5-6-8-20(19)29/h5-8,16-17,29H,4,9-15H2,1-3H3,(H,26,30). The Hall–Kier alpha value is -2.58. The number of hydrogen-bond acceptors (Lipinski definition) is 7. The lowest BCUT2D eigenvalue weighted by Gasteiger charge is -2.38. The summed E-state index contributed by atoms with van der Waals surface area (Å²) in [6.45, 7) is 9.13. The molecule has 0 radical (unpaired) electrons. The molecule has 0 saturated carbocycles. The molecule has 2 atom stereocenters. The molecule has 2 N–H and O–H groups in total. The number of nitrogens with zero attached hydrogens (tertiary/aromatic N) is 2. The number of piperazine rings is 1. The number of carbonyl (C=O) groups excluding carboxylic acids is 2. The molecule has 1 aromatic heterocycles. The van der Waals surface area contributed by atoms with Gasteiger partial charge in [0, 0.05) is 31.1 Å². The van der Waals surface area contributed by atoms with Gasteiger partial charge in [-0.25, -0.2) is 4.79 Å². The second-order valence-corrected chi connectivity index (χ2v) is 10.1. The van der Waals surface area contributed by atoms with Crippen LogP contribution in [0.25, 0.3) is 0 Å². The highest BCUT2D eigenvalue weighted by molar-refractivity contribution is 7.17. The number of benzene rings is 1. The number of para-hydroxylation sites is 2. The zero-order valence-electron chi connectivity index (χ0n) is 19.6. The summed E-state index contributed by atoms with van der Waals surface area (Å²) in [5.41, 5.74) is 2.43. The van der Waals surface area contributed by atoms with E-state index in [1.807, 2.05) is 25.1 Å². The molecule has 0 bridgehead atoms. The fourth-order valence-corrected chi connectivity index (χ4v) is 6.12. The first-order valence-electron chi connectivity index (χ1n) is 11.8. The van der Waals surface area contributed by atoms with Gasteiger partial charge in [0.1, 0.15) is 10.8 Å². The number of phenolic OH excluding ortho intramolecular Hbond substituents is 1. The molecule has 2 unspecified atom stereocenters. The van der Waals surface area contributed by atoms with Crippen LogP contribution in [-0.2, 0) is 22.4 Å². The van der Waals surface area contributed by atoms with Gasteiger partial charge in [0.25, 0.3) is 0 Å². The Balaban J connectivity index is 1.44. The predicted molar refractivity (Wildman–Crippen MR) is 131 cm³/mol. The van der Waals surface area contributed by atoms with Crippen LogP contribution in [-0.4, -0.2) is 60.7 Å². The number of aromatic hydroxyl groups is 1. The number of hydrogen-bond donors (Lipinski definition) is 2. The summed E-state index contributed by atoms with van der Waals surface area (Å²) in [5.74, 6) is 0.403. The molecule has 1 saturated heterocycles.